The van der Waals surface area contributed by atoms with E-state index in [0.29, 0.717) is 10.1 Å². The second kappa shape index (κ2) is 6.08. The zero-order valence-electron chi connectivity index (χ0n) is 10.6. The second-order valence-corrected chi connectivity index (χ2v) is 4.86. The molecule has 2 aromatic rings. The molecule has 0 fully saturated rings. The molecule has 0 saturated carbocycles. The smallest absolute Gasteiger partial charge is 0.405 e. The van der Waals surface area contributed by atoms with E-state index in [1.807, 2.05) is 6.92 Å². The molecular formula is C12H12F3N3OS. The molecule has 0 spiro atoms. The number of nitrogens with one attached hydrogen (secondary N) is 1. The van der Waals surface area contributed by atoms with Gasteiger partial charge < -0.3 is 10.1 Å². The van der Waals surface area contributed by atoms with Gasteiger partial charge in [-0.15, -0.1) is 23.4 Å². The van der Waals surface area contributed by atoms with Gasteiger partial charge in [0, 0.05) is 6.54 Å². The summed E-state index contributed by atoms with van der Waals surface area (Å²) < 4.78 is 41.0. The van der Waals surface area contributed by atoms with Crippen LogP contribution in [0.3, 0.4) is 0 Å². The van der Waals surface area contributed by atoms with Crippen molar-refractivity contribution in [2.24, 2.45) is 0 Å². The van der Waals surface area contributed by atoms with Crippen LogP contribution in [0.15, 0.2) is 24.3 Å². The van der Waals surface area contributed by atoms with E-state index in [1.54, 1.807) is 6.07 Å². The first kappa shape index (κ1) is 14.6. The summed E-state index contributed by atoms with van der Waals surface area (Å²) in [5.74, 6) is -0.279. The number of alkyl halides is 3. The van der Waals surface area contributed by atoms with Crippen LogP contribution in [0.5, 0.6) is 5.75 Å². The maximum Gasteiger partial charge on any atom is 0.573 e. The number of benzene rings is 1. The highest BCUT2D eigenvalue weighted by atomic mass is 32.1. The number of ether oxygens (including phenoxy) is 1. The van der Waals surface area contributed by atoms with Crippen LogP contribution >= 0.6 is 11.3 Å². The van der Waals surface area contributed by atoms with Crippen molar-refractivity contribution < 1.29 is 17.9 Å². The van der Waals surface area contributed by atoms with E-state index in [0.717, 1.165) is 13.0 Å². The number of halogens is 3. The Labute approximate surface area is 117 Å². The molecule has 0 bridgehead atoms. The fourth-order valence-corrected chi connectivity index (χ4v) is 2.29. The highest BCUT2D eigenvalue weighted by Crippen LogP contribution is 2.36. The van der Waals surface area contributed by atoms with Crippen LogP contribution in [0, 0.1) is 0 Å². The Morgan fingerprint density at radius 1 is 1.25 bits per heavy atom. The molecule has 2 rings (SSSR count). The Kier molecular flexibility index (Phi) is 4.43. The summed E-state index contributed by atoms with van der Waals surface area (Å²) in [4.78, 5) is 0. The van der Waals surface area contributed by atoms with Gasteiger partial charge in [-0.2, -0.15) is 0 Å². The fourth-order valence-electron chi connectivity index (χ4n) is 1.49. The molecule has 0 aliphatic heterocycles. The number of hydrogen-bond acceptors (Lipinski definition) is 5. The first-order valence-electron chi connectivity index (χ1n) is 5.92. The SMILES string of the molecule is CCCNc1nnc(-c2ccccc2OC(F)(F)F)s1. The van der Waals surface area contributed by atoms with Crippen LogP contribution in [-0.2, 0) is 0 Å². The van der Waals surface area contributed by atoms with Crippen molar-refractivity contribution in [1.82, 2.24) is 10.2 Å². The van der Waals surface area contributed by atoms with Crippen molar-refractivity contribution in [3.63, 3.8) is 0 Å². The molecular weight excluding hydrogens is 291 g/mol. The maximum atomic E-state index is 12.3. The van der Waals surface area contributed by atoms with Gasteiger partial charge in [0.1, 0.15) is 5.75 Å². The molecule has 0 unspecified atom stereocenters. The largest absolute Gasteiger partial charge is 0.573 e. The molecule has 0 radical (unpaired) electrons. The van der Waals surface area contributed by atoms with Gasteiger partial charge >= 0.3 is 6.36 Å². The van der Waals surface area contributed by atoms with Gasteiger partial charge in [0.25, 0.3) is 0 Å². The topological polar surface area (TPSA) is 47.0 Å². The molecule has 0 atom stereocenters. The Bertz CT molecular complexity index is 571. The predicted molar refractivity (Wildman–Crippen MR) is 70.8 cm³/mol. The molecule has 1 heterocycles. The first-order valence-corrected chi connectivity index (χ1v) is 6.74. The van der Waals surface area contributed by atoms with Crippen LogP contribution < -0.4 is 10.1 Å². The third-order valence-corrected chi connectivity index (χ3v) is 3.21. The molecule has 8 heteroatoms. The van der Waals surface area contributed by atoms with Crippen molar-refractivity contribution in [2.75, 3.05) is 11.9 Å². The second-order valence-electron chi connectivity index (χ2n) is 3.88. The molecule has 1 aromatic carbocycles. The van der Waals surface area contributed by atoms with Crippen LogP contribution in [0.25, 0.3) is 10.6 Å². The lowest BCUT2D eigenvalue weighted by Gasteiger charge is -2.11. The predicted octanol–water partition coefficient (Wildman–Crippen LogP) is 3.93. The summed E-state index contributed by atoms with van der Waals surface area (Å²) >= 11 is 1.19. The number of para-hydroxylation sites is 1. The average Bonchev–Trinajstić information content (AvgIpc) is 2.83. The standard InChI is InChI=1S/C12H12F3N3OS/c1-2-7-16-11-18-17-10(20-11)8-5-3-4-6-9(8)19-12(13,14)15/h3-6H,2,7H2,1H3,(H,16,18). The molecule has 4 nitrogen and oxygen atoms in total. The highest BCUT2D eigenvalue weighted by molar-refractivity contribution is 7.18. The van der Waals surface area contributed by atoms with Crippen LogP contribution in [0.4, 0.5) is 18.3 Å². The van der Waals surface area contributed by atoms with Crippen molar-refractivity contribution in [3.8, 4) is 16.3 Å². The molecule has 108 valence electrons. The molecule has 0 aliphatic rings. The first-order chi connectivity index (χ1) is 9.49. The number of nitrogens with zero attached hydrogens (tertiary/aromatic N) is 2. The normalized spacial score (nSPS) is 11.4. The molecule has 20 heavy (non-hydrogen) atoms. The summed E-state index contributed by atoms with van der Waals surface area (Å²) in [6.07, 6.45) is -3.81. The van der Waals surface area contributed by atoms with Crippen molar-refractivity contribution in [2.45, 2.75) is 19.7 Å². The van der Waals surface area contributed by atoms with E-state index in [2.05, 4.69) is 20.3 Å². The minimum absolute atomic E-state index is 0.270. The molecule has 1 aromatic heterocycles. The molecule has 1 N–H and O–H groups in total. The van der Waals surface area contributed by atoms with Gasteiger partial charge in [-0.1, -0.05) is 30.4 Å². The monoisotopic (exact) mass is 303 g/mol. The summed E-state index contributed by atoms with van der Waals surface area (Å²) in [7, 11) is 0. The summed E-state index contributed by atoms with van der Waals surface area (Å²) in [5.41, 5.74) is 0.270. The van der Waals surface area contributed by atoms with E-state index in [4.69, 9.17) is 0 Å². The number of rotatable bonds is 5. The zero-order chi connectivity index (χ0) is 14.6. The lowest BCUT2D eigenvalue weighted by Crippen LogP contribution is -2.17. The number of anilines is 1. The number of aromatic nitrogens is 2. The molecule has 0 aliphatic carbocycles. The van der Waals surface area contributed by atoms with Crippen LogP contribution in [0.1, 0.15) is 13.3 Å². The van der Waals surface area contributed by atoms with E-state index >= 15 is 0 Å². The van der Waals surface area contributed by atoms with E-state index in [9.17, 15) is 13.2 Å². The lowest BCUT2D eigenvalue weighted by molar-refractivity contribution is -0.274. The summed E-state index contributed by atoms with van der Waals surface area (Å²) in [6, 6.07) is 5.87. The average molecular weight is 303 g/mol. The molecule has 0 amide bonds. The summed E-state index contributed by atoms with van der Waals surface area (Å²) in [5, 5.41) is 11.8. The minimum atomic E-state index is -4.73. The Morgan fingerprint density at radius 2 is 2.00 bits per heavy atom. The van der Waals surface area contributed by atoms with Crippen LogP contribution in [-0.4, -0.2) is 23.1 Å². The Morgan fingerprint density at radius 3 is 2.70 bits per heavy atom. The maximum absolute atomic E-state index is 12.3. The van der Waals surface area contributed by atoms with Gasteiger partial charge in [0.05, 0.1) is 5.56 Å². The van der Waals surface area contributed by atoms with Crippen molar-refractivity contribution >= 4 is 16.5 Å². The third kappa shape index (κ3) is 3.83. The fraction of sp³-hybridized carbons (Fsp3) is 0.333. The van der Waals surface area contributed by atoms with E-state index < -0.39 is 6.36 Å². The minimum Gasteiger partial charge on any atom is -0.405 e. The summed E-state index contributed by atoms with van der Waals surface area (Å²) in [6.45, 7) is 2.73. The van der Waals surface area contributed by atoms with Gasteiger partial charge in [0.2, 0.25) is 5.13 Å². The van der Waals surface area contributed by atoms with Crippen molar-refractivity contribution in [3.05, 3.63) is 24.3 Å². The Balaban J connectivity index is 2.26. The van der Waals surface area contributed by atoms with Gasteiger partial charge in [-0.3, -0.25) is 0 Å². The zero-order valence-corrected chi connectivity index (χ0v) is 11.4. The van der Waals surface area contributed by atoms with Crippen LogP contribution in [0.2, 0.25) is 0 Å². The van der Waals surface area contributed by atoms with Gasteiger partial charge in [0.15, 0.2) is 5.01 Å². The highest BCUT2D eigenvalue weighted by Gasteiger charge is 2.32. The van der Waals surface area contributed by atoms with Crippen molar-refractivity contribution in [1.29, 1.82) is 0 Å². The third-order valence-electron chi connectivity index (χ3n) is 2.29. The van der Waals surface area contributed by atoms with E-state index in [-0.39, 0.29) is 11.3 Å². The van der Waals surface area contributed by atoms with Gasteiger partial charge in [-0.25, -0.2) is 0 Å². The Hall–Kier alpha value is -1.83. The number of hydrogen-bond donors (Lipinski definition) is 1. The lowest BCUT2D eigenvalue weighted by atomic mass is 10.2. The van der Waals surface area contributed by atoms with E-state index in [1.165, 1.54) is 29.5 Å². The molecule has 0 saturated heterocycles. The quantitative estimate of drug-likeness (QED) is 0.909. The van der Waals surface area contributed by atoms with Gasteiger partial charge in [-0.05, 0) is 18.6 Å².